The molecule has 1 atom stereocenters. The second kappa shape index (κ2) is 5.25. The Morgan fingerprint density at radius 2 is 1.87 bits per heavy atom. The van der Waals surface area contributed by atoms with E-state index in [1.807, 2.05) is 30.3 Å². The normalized spacial score (nSPS) is 25.4. The molecule has 23 heavy (non-hydrogen) atoms. The van der Waals surface area contributed by atoms with Crippen molar-refractivity contribution in [2.75, 3.05) is 7.05 Å². The van der Waals surface area contributed by atoms with Gasteiger partial charge in [0.25, 0.3) is 0 Å². The lowest BCUT2D eigenvalue weighted by molar-refractivity contribution is -0.233. The molecule has 0 aliphatic carbocycles. The standard InChI is InChI=1S/C14H11F4N5/c1-19-11-10-12(23-14(18,22-11)13(15,16)17)21-9(20-10)7-8-5-3-2-4-6-8/h2-6H,7H2,1H3,(H,19,22). The largest absolute Gasteiger partial charge is 0.465 e. The maximum Gasteiger partial charge on any atom is 0.465 e. The van der Waals surface area contributed by atoms with Crippen LogP contribution < -0.4 is 5.32 Å². The van der Waals surface area contributed by atoms with Crippen molar-refractivity contribution in [3.05, 3.63) is 35.9 Å². The molecule has 2 aliphatic heterocycles. The fraction of sp³-hybridized carbons (Fsp3) is 0.286. The zero-order valence-electron chi connectivity index (χ0n) is 11.9. The van der Waals surface area contributed by atoms with E-state index in [0.717, 1.165) is 5.56 Å². The van der Waals surface area contributed by atoms with Crippen LogP contribution in [0.1, 0.15) is 5.56 Å². The molecule has 2 heterocycles. The number of alkyl halides is 4. The number of halogens is 4. The Kier molecular flexibility index (Phi) is 3.50. The van der Waals surface area contributed by atoms with Crippen LogP contribution >= 0.6 is 0 Å². The average Bonchev–Trinajstić information content (AvgIpc) is 2.88. The number of hydrogen-bond acceptors (Lipinski definition) is 4. The van der Waals surface area contributed by atoms with E-state index in [0.29, 0.717) is 6.42 Å². The van der Waals surface area contributed by atoms with Crippen LogP contribution in [-0.2, 0) is 6.42 Å². The quantitative estimate of drug-likeness (QED) is 0.658. The van der Waals surface area contributed by atoms with E-state index >= 15 is 0 Å². The summed E-state index contributed by atoms with van der Waals surface area (Å²) in [5, 5.41) is 1.64. The van der Waals surface area contributed by atoms with Gasteiger partial charge in [-0.1, -0.05) is 30.3 Å². The monoisotopic (exact) mass is 325 g/mol. The van der Waals surface area contributed by atoms with Gasteiger partial charge in [0.05, 0.1) is 0 Å². The zero-order valence-corrected chi connectivity index (χ0v) is 11.9. The van der Waals surface area contributed by atoms with Crippen LogP contribution in [0.25, 0.3) is 0 Å². The Balaban J connectivity index is 1.97. The van der Waals surface area contributed by atoms with Crippen molar-refractivity contribution < 1.29 is 17.6 Å². The molecule has 5 nitrogen and oxygen atoms in total. The molecule has 0 bridgehead atoms. The van der Waals surface area contributed by atoms with E-state index in [-0.39, 0.29) is 17.4 Å². The third-order valence-electron chi connectivity index (χ3n) is 3.26. The molecule has 0 aromatic heterocycles. The van der Waals surface area contributed by atoms with Gasteiger partial charge < -0.3 is 5.32 Å². The summed E-state index contributed by atoms with van der Waals surface area (Å²) >= 11 is 0. The minimum absolute atomic E-state index is 0.0101. The molecule has 0 spiro atoms. The van der Waals surface area contributed by atoms with Crippen molar-refractivity contribution in [2.45, 2.75) is 18.5 Å². The number of fused-ring (bicyclic) bond motifs is 1. The molecule has 0 saturated carbocycles. The molecule has 1 N–H and O–H groups in total. The molecule has 9 heteroatoms. The van der Waals surface area contributed by atoms with Crippen LogP contribution in [0.15, 0.2) is 50.3 Å². The van der Waals surface area contributed by atoms with E-state index in [9.17, 15) is 17.6 Å². The van der Waals surface area contributed by atoms with Gasteiger partial charge in [-0.2, -0.15) is 22.6 Å². The van der Waals surface area contributed by atoms with E-state index < -0.39 is 17.9 Å². The number of benzene rings is 1. The summed E-state index contributed by atoms with van der Waals surface area (Å²) in [5.74, 6) is -4.45. The van der Waals surface area contributed by atoms with Crippen LogP contribution in [0.3, 0.4) is 0 Å². The van der Waals surface area contributed by atoms with Crippen molar-refractivity contribution in [1.82, 2.24) is 5.32 Å². The van der Waals surface area contributed by atoms with Crippen LogP contribution in [0, 0.1) is 0 Å². The third-order valence-corrected chi connectivity index (χ3v) is 3.26. The second-order valence-electron chi connectivity index (χ2n) is 4.90. The van der Waals surface area contributed by atoms with Gasteiger partial charge in [-0.25, -0.2) is 9.98 Å². The van der Waals surface area contributed by atoms with E-state index in [2.05, 4.69) is 20.0 Å². The van der Waals surface area contributed by atoms with Crippen molar-refractivity contribution in [3.63, 3.8) is 0 Å². The maximum absolute atomic E-state index is 14.1. The lowest BCUT2D eigenvalue weighted by Crippen LogP contribution is -2.60. The van der Waals surface area contributed by atoms with E-state index in [4.69, 9.17) is 0 Å². The molecule has 3 rings (SSSR count). The molecule has 2 aliphatic rings. The average molecular weight is 325 g/mol. The molecule has 0 saturated heterocycles. The van der Waals surface area contributed by atoms with Gasteiger partial charge >= 0.3 is 12.1 Å². The summed E-state index contributed by atoms with van der Waals surface area (Å²) in [7, 11) is 1.24. The predicted molar refractivity (Wildman–Crippen MR) is 78.8 cm³/mol. The molecule has 0 radical (unpaired) electrons. The van der Waals surface area contributed by atoms with Crippen molar-refractivity contribution in [1.29, 1.82) is 0 Å². The first-order valence-electron chi connectivity index (χ1n) is 6.64. The third kappa shape index (κ3) is 2.73. The summed E-state index contributed by atoms with van der Waals surface area (Å²) in [5.41, 5.74) is 0.885. The van der Waals surface area contributed by atoms with Crippen LogP contribution in [-0.4, -0.2) is 42.4 Å². The van der Waals surface area contributed by atoms with Gasteiger partial charge in [0.1, 0.15) is 5.84 Å². The van der Waals surface area contributed by atoms with Gasteiger partial charge in [-0.05, 0) is 5.56 Å². The fourth-order valence-electron chi connectivity index (χ4n) is 2.16. The highest BCUT2D eigenvalue weighted by molar-refractivity contribution is 6.71. The minimum atomic E-state index is -5.24. The molecule has 1 aromatic carbocycles. The van der Waals surface area contributed by atoms with Crippen molar-refractivity contribution in [2.24, 2.45) is 20.0 Å². The number of aliphatic imine (C=N–C) groups is 4. The first-order valence-corrected chi connectivity index (χ1v) is 6.64. The smallest absolute Gasteiger partial charge is 0.310 e. The summed E-state index contributed by atoms with van der Waals surface area (Å²) < 4.78 is 52.6. The van der Waals surface area contributed by atoms with Gasteiger partial charge in [0, 0.05) is 13.5 Å². The van der Waals surface area contributed by atoms with Crippen molar-refractivity contribution in [3.8, 4) is 0 Å². The molecule has 0 amide bonds. The number of amidine groups is 3. The Morgan fingerprint density at radius 3 is 2.48 bits per heavy atom. The summed E-state index contributed by atoms with van der Waals surface area (Å²) in [4.78, 5) is 14.7. The predicted octanol–water partition coefficient (Wildman–Crippen LogP) is 2.30. The molecular formula is C14H11F4N5. The molecule has 0 fully saturated rings. The topological polar surface area (TPSA) is 61.5 Å². The fourth-order valence-corrected chi connectivity index (χ4v) is 2.16. The summed E-state index contributed by atoms with van der Waals surface area (Å²) in [6, 6.07) is 9.13. The molecule has 1 aromatic rings. The first-order chi connectivity index (χ1) is 10.8. The second-order valence-corrected chi connectivity index (χ2v) is 4.90. The number of hydrogen-bond donors (Lipinski definition) is 1. The zero-order chi connectivity index (χ0) is 16.7. The van der Waals surface area contributed by atoms with Gasteiger partial charge in [-0.15, -0.1) is 0 Å². The van der Waals surface area contributed by atoms with E-state index in [1.165, 1.54) is 7.05 Å². The highest BCUT2D eigenvalue weighted by atomic mass is 19.4. The van der Waals surface area contributed by atoms with Gasteiger partial charge in [0.15, 0.2) is 17.4 Å². The Bertz CT molecular complexity index is 748. The number of rotatable bonds is 2. The Labute approximate surface area is 128 Å². The Hall–Kier alpha value is -2.58. The van der Waals surface area contributed by atoms with Gasteiger partial charge in [0.2, 0.25) is 0 Å². The summed E-state index contributed by atoms with van der Waals surface area (Å²) in [6.45, 7) is 0. The van der Waals surface area contributed by atoms with Crippen molar-refractivity contribution >= 4 is 23.2 Å². The van der Waals surface area contributed by atoms with Crippen LogP contribution in [0.2, 0.25) is 0 Å². The minimum Gasteiger partial charge on any atom is -0.310 e. The van der Waals surface area contributed by atoms with Crippen LogP contribution in [0.5, 0.6) is 0 Å². The number of nitrogens with one attached hydrogen (secondary N) is 1. The highest BCUT2D eigenvalue weighted by Crippen LogP contribution is 2.35. The highest BCUT2D eigenvalue weighted by Gasteiger charge is 2.60. The Morgan fingerprint density at radius 1 is 1.17 bits per heavy atom. The molecular weight excluding hydrogens is 314 g/mol. The summed E-state index contributed by atoms with van der Waals surface area (Å²) in [6.07, 6.45) is -4.94. The first kappa shape index (κ1) is 15.3. The van der Waals surface area contributed by atoms with Gasteiger partial charge in [-0.3, -0.25) is 4.99 Å². The lowest BCUT2D eigenvalue weighted by atomic mass is 10.1. The lowest BCUT2D eigenvalue weighted by Gasteiger charge is -2.29. The van der Waals surface area contributed by atoms with Crippen LogP contribution in [0.4, 0.5) is 17.6 Å². The molecule has 1 unspecified atom stereocenters. The molecule has 120 valence electrons. The SMILES string of the molecule is CN=C1NC(F)(C(F)(F)F)N=C2N=C(Cc3ccccc3)N=C21. The number of nitrogens with zero attached hydrogens (tertiary/aromatic N) is 4. The maximum atomic E-state index is 14.1. The van der Waals surface area contributed by atoms with E-state index in [1.54, 1.807) is 5.32 Å².